The second-order valence-corrected chi connectivity index (χ2v) is 10.2. The number of ether oxygens (including phenoxy) is 5. The maximum atomic E-state index is 14.1. The third-order valence-electron chi connectivity index (χ3n) is 6.79. The summed E-state index contributed by atoms with van der Waals surface area (Å²) in [6, 6.07) is 19.4. The maximum Gasteiger partial charge on any atom is 0.338 e. The first-order valence-corrected chi connectivity index (χ1v) is 13.7. The maximum absolute atomic E-state index is 14.1. The Morgan fingerprint density at radius 1 is 1.02 bits per heavy atom. The van der Waals surface area contributed by atoms with Crippen LogP contribution in [0.15, 0.2) is 82.1 Å². The molecule has 0 unspecified atom stereocenters. The van der Waals surface area contributed by atoms with Gasteiger partial charge in [0, 0.05) is 5.56 Å². The van der Waals surface area contributed by atoms with Crippen LogP contribution in [0.2, 0.25) is 0 Å². The van der Waals surface area contributed by atoms with Crippen molar-refractivity contribution < 1.29 is 28.5 Å². The quantitative estimate of drug-likeness (QED) is 0.313. The number of rotatable bonds is 7. The van der Waals surface area contributed by atoms with Gasteiger partial charge in [0.15, 0.2) is 27.8 Å². The average molecular weight is 571 g/mol. The van der Waals surface area contributed by atoms with E-state index in [1.807, 2.05) is 54.6 Å². The van der Waals surface area contributed by atoms with Gasteiger partial charge in [0.25, 0.3) is 5.56 Å². The minimum absolute atomic E-state index is 0.158. The fraction of sp³-hybridized carbons (Fsp3) is 0.194. The van der Waals surface area contributed by atoms with Crippen molar-refractivity contribution in [3.05, 3.63) is 109 Å². The summed E-state index contributed by atoms with van der Waals surface area (Å²) in [5.74, 6) is 1.71. The highest BCUT2D eigenvalue weighted by atomic mass is 32.1. The van der Waals surface area contributed by atoms with Gasteiger partial charge in [-0.05, 0) is 48.4 Å². The first-order valence-electron chi connectivity index (χ1n) is 12.9. The molecule has 0 fully saturated rings. The number of carbonyl (C=O) groups is 1. The number of nitrogens with zero attached hydrogens (tertiary/aromatic N) is 2. The molecule has 9 nitrogen and oxygen atoms in total. The van der Waals surface area contributed by atoms with Crippen molar-refractivity contribution in [1.29, 1.82) is 0 Å². The molecule has 0 amide bonds. The smallest absolute Gasteiger partial charge is 0.338 e. The molecule has 2 aliphatic rings. The van der Waals surface area contributed by atoms with Crippen molar-refractivity contribution in [2.45, 2.75) is 13.0 Å². The van der Waals surface area contributed by atoms with Crippen LogP contribution < -0.4 is 33.8 Å². The predicted molar refractivity (Wildman–Crippen MR) is 153 cm³/mol. The Balaban J connectivity index is 1.63. The third-order valence-corrected chi connectivity index (χ3v) is 7.77. The number of esters is 1. The molecule has 6 rings (SSSR count). The third kappa shape index (κ3) is 4.76. The van der Waals surface area contributed by atoms with E-state index in [0.717, 1.165) is 11.1 Å². The lowest BCUT2D eigenvalue weighted by atomic mass is 9.93. The van der Waals surface area contributed by atoms with E-state index in [9.17, 15) is 9.59 Å². The van der Waals surface area contributed by atoms with Crippen LogP contribution in [0.4, 0.5) is 0 Å². The van der Waals surface area contributed by atoms with Crippen LogP contribution in [-0.2, 0) is 9.53 Å². The van der Waals surface area contributed by atoms with E-state index >= 15 is 0 Å². The van der Waals surface area contributed by atoms with Crippen LogP contribution in [0.1, 0.15) is 29.7 Å². The van der Waals surface area contributed by atoms with Crippen LogP contribution in [-0.4, -0.2) is 38.2 Å². The summed E-state index contributed by atoms with van der Waals surface area (Å²) in [5, 5.41) is 0. The molecule has 1 atom stereocenters. The Morgan fingerprint density at radius 3 is 2.56 bits per heavy atom. The van der Waals surface area contributed by atoms with Gasteiger partial charge in [-0.2, -0.15) is 0 Å². The van der Waals surface area contributed by atoms with E-state index in [4.69, 9.17) is 28.7 Å². The molecule has 3 aromatic carbocycles. The Morgan fingerprint density at radius 2 is 1.80 bits per heavy atom. The van der Waals surface area contributed by atoms with Crippen LogP contribution in [0.5, 0.6) is 23.0 Å². The summed E-state index contributed by atoms with van der Waals surface area (Å²) >= 11 is 1.25. The molecule has 0 aliphatic carbocycles. The van der Waals surface area contributed by atoms with Crippen LogP contribution >= 0.6 is 11.3 Å². The van der Waals surface area contributed by atoms with Crippen molar-refractivity contribution in [3.8, 4) is 23.0 Å². The minimum atomic E-state index is -0.834. The Bertz CT molecular complexity index is 1860. The lowest BCUT2D eigenvalue weighted by molar-refractivity contribution is -0.138. The van der Waals surface area contributed by atoms with Crippen LogP contribution in [0.25, 0.3) is 11.8 Å². The van der Waals surface area contributed by atoms with Crippen LogP contribution in [0.3, 0.4) is 0 Å². The van der Waals surface area contributed by atoms with E-state index in [2.05, 4.69) is 0 Å². The van der Waals surface area contributed by atoms with Gasteiger partial charge in [-0.1, -0.05) is 53.8 Å². The Kier molecular flexibility index (Phi) is 7.07. The number of carbonyl (C=O) groups excluding carboxylic acids is 1. The molecule has 0 radical (unpaired) electrons. The molecule has 0 bridgehead atoms. The van der Waals surface area contributed by atoms with Gasteiger partial charge >= 0.3 is 5.97 Å². The summed E-state index contributed by atoms with van der Waals surface area (Å²) in [5.41, 5.74) is 2.56. The topological polar surface area (TPSA) is 97.6 Å². The fourth-order valence-electron chi connectivity index (χ4n) is 4.93. The second kappa shape index (κ2) is 11.0. The first-order chi connectivity index (χ1) is 20.0. The Hall–Kier alpha value is -4.83. The molecule has 1 aromatic heterocycles. The van der Waals surface area contributed by atoms with Gasteiger partial charge in [0.05, 0.1) is 42.7 Å². The van der Waals surface area contributed by atoms with Crippen molar-refractivity contribution in [1.82, 2.24) is 4.57 Å². The minimum Gasteiger partial charge on any atom is -0.493 e. The first kappa shape index (κ1) is 26.4. The van der Waals surface area contributed by atoms with Crippen molar-refractivity contribution in [2.24, 2.45) is 4.99 Å². The number of methoxy groups -OCH3 is 2. The van der Waals surface area contributed by atoms with Gasteiger partial charge in [-0.3, -0.25) is 9.36 Å². The molecular weight excluding hydrogens is 544 g/mol. The van der Waals surface area contributed by atoms with E-state index in [-0.39, 0.29) is 24.5 Å². The monoisotopic (exact) mass is 570 g/mol. The number of thiazole rings is 1. The van der Waals surface area contributed by atoms with Gasteiger partial charge in [0.2, 0.25) is 6.79 Å². The fourth-order valence-corrected chi connectivity index (χ4v) is 5.93. The molecule has 0 saturated carbocycles. The molecule has 2 aliphatic heterocycles. The lowest BCUT2D eigenvalue weighted by Crippen LogP contribution is -2.40. The van der Waals surface area contributed by atoms with E-state index in [1.54, 1.807) is 36.8 Å². The van der Waals surface area contributed by atoms with Gasteiger partial charge in [-0.15, -0.1) is 0 Å². The standard InChI is InChI=1S/C31H26N2O7S/c1-4-38-30(35)26-27(19-8-6-5-7-9-19)32-31-33(28(26)20-11-13-21(36-2)23(16-20)37-3)29(34)25(41-31)15-18-10-12-22-24(14-18)40-17-39-22/h5-16,28H,4,17H2,1-3H3/b25-15+/t28-/m0/s1. The zero-order valence-electron chi connectivity index (χ0n) is 22.6. The number of benzene rings is 3. The number of aromatic nitrogens is 1. The molecule has 0 spiro atoms. The predicted octanol–water partition coefficient (Wildman–Crippen LogP) is 3.68. The molecule has 0 saturated heterocycles. The van der Waals surface area contributed by atoms with Crippen molar-refractivity contribution in [3.63, 3.8) is 0 Å². The molecule has 3 heterocycles. The zero-order chi connectivity index (χ0) is 28.5. The number of fused-ring (bicyclic) bond motifs is 2. The highest BCUT2D eigenvalue weighted by molar-refractivity contribution is 7.07. The molecule has 0 N–H and O–H groups in total. The summed E-state index contributed by atoms with van der Waals surface area (Å²) < 4.78 is 29.5. The van der Waals surface area contributed by atoms with Crippen molar-refractivity contribution >= 4 is 29.1 Å². The zero-order valence-corrected chi connectivity index (χ0v) is 23.4. The highest BCUT2D eigenvalue weighted by Crippen LogP contribution is 2.38. The molecule has 10 heteroatoms. The van der Waals surface area contributed by atoms with E-state index < -0.39 is 12.0 Å². The van der Waals surface area contributed by atoms with E-state index in [1.165, 1.54) is 18.4 Å². The molecular formula is C31H26N2O7S. The largest absolute Gasteiger partial charge is 0.493 e. The molecule has 41 heavy (non-hydrogen) atoms. The summed E-state index contributed by atoms with van der Waals surface area (Å²) in [6.07, 6.45) is 1.79. The summed E-state index contributed by atoms with van der Waals surface area (Å²) in [6.45, 7) is 2.06. The summed E-state index contributed by atoms with van der Waals surface area (Å²) in [4.78, 5) is 33.0. The van der Waals surface area contributed by atoms with Gasteiger partial charge < -0.3 is 23.7 Å². The number of hydrogen-bond acceptors (Lipinski definition) is 9. The summed E-state index contributed by atoms with van der Waals surface area (Å²) in [7, 11) is 3.09. The van der Waals surface area contributed by atoms with Gasteiger partial charge in [0.1, 0.15) is 0 Å². The average Bonchev–Trinajstić information content (AvgIpc) is 3.60. The van der Waals surface area contributed by atoms with E-state index in [0.29, 0.717) is 43.6 Å². The highest BCUT2D eigenvalue weighted by Gasteiger charge is 2.35. The van der Waals surface area contributed by atoms with Crippen LogP contribution in [0, 0.1) is 0 Å². The second-order valence-electron chi connectivity index (χ2n) is 9.16. The van der Waals surface area contributed by atoms with Gasteiger partial charge in [-0.25, -0.2) is 9.79 Å². The Labute approximate surface area is 239 Å². The molecule has 208 valence electrons. The molecule has 4 aromatic rings. The number of hydrogen-bond donors (Lipinski definition) is 0. The SMILES string of the molecule is CCOC(=O)C1=C(c2ccccc2)N=c2s/c(=C/c3ccc4c(c3)OCO4)c(=O)n2[C@H]1c1ccc(OC)c(OC)c1. The normalized spacial score (nSPS) is 15.8. The lowest BCUT2D eigenvalue weighted by Gasteiger charge is -2.26. The van der Waals surface area contributed by atoms with Crippen molar-refractivity contribution in [2.75, 3.05) is 27.6 Å².